The van der Waals surface area contributed by atoms with Crippen LogP contribution in [0.1, 0.15) is 32.6 Å². The first-order chi connectivity index (χ1) is 7.07. The molecule has 0 aliphatic heterocycles. The summed E-state index contributed by atoms with van der Waals surface area (Å²) in [4.78, 5) is 21.8. The third-order valence-electron chi connectivity index (χ3n) is 1.96. The number of carbonyl (C=O) groups excluding carboxylic acids is 2. The number of hydrogen-bond acceptors (Lipinski definition) is 3. The summed E-state index contributed by atoms with van der Waals surface area (Å²) in [6.07, 6.45) is 3.03. The van der Waals surface area contributed by atoms with Gasteiger partial charge in [0.05, 0.1) is 7.11 Å². The molecule has 0 aromatic heterocycles. The Morgan fingerprint density at radius 1 is 1.27 bits per heavy atom. The van der Waals surface area contributed by atoms with Gasteiger partial charge in [-0.2, -0.15) is 0 Å². The first kappa shape index (κ1) is 13.7. The predicted octanol–water partition coefficient (Wildman–Crippen LogP) is 1.41. The molecule has 0 fully saturated rings. The lowest BCUT2D eigenvalue weighted by atomic mass is 10.2. The van der Waals surface area contributed by atoms with E-state index in [1.165, 1.54) is 7.11 Å². The van der Waals surface area contributed by atoms with Crippen LogP contribution in [0.2, 0.25) is 0 Å². The summed E-state index contributed by atoms with van der Waals surface area (Å²) in [5, 5.41) is 2.73. The number of methoxy groups -OCH3 is 1. The fourth-order valence-electron chi connectivity index (χ4n) is 1.03. The van der Waals surface area contributed by atoms with E-state index in [9.17, 15) is 9.59 Å². The molecule has 4 nitrogen and oxygen atoms in total. The van der Waals surface area contributed by atoms with Gasteiger partial charge in [-0.25, -0.2) is 0 Å². The molecule has 0 spiro atoms. The van der Waals surface area contributed by atoms with Gasteiger partial charge in [-0.05, 0) is 19.8 Å². The van der Waals surface area contributed by atoms with E-state index in [1.807, 2.05) is 0 Å². The van der Waals surface area contributed by atoms with Crippen LogP contribution < -0.4 is 5.32 Å². The summed E-state index contributed by atoms with van der Waals surface area (Å²) in [6, 6.07) is 0. The highest BCUT2D eigenvalue weighted by Crippen LogP contribution is 2.00. The van der Waals surface area contributed by atoms with Crippen molar-refractivity contribution in [2.45, 2.75) is 32.6 Å². The maximum atomic E-state index is 11.0. The maximum Gasteiger partial charge on any atom is 0.305 e. The van der Waals surface area contributed by atoms with E-state index in [4.69, 9.17) is 0 Å². The Kier molecular flexibility index (Phi) is 7.32. The smallest absolute Gasteiger partial charge is 0.305 e. The Morgan fingerprint density at radius 2 is 1.93 bits per heavy atom. The zero-order valence-electron chi connectivity index (χ0n) is 9.47. The molecule has 0 rings (SSSR count). The van der Waals surface area contributed by atoms with Gasteiger partial charge in [-0.1, -0.05) is 13.0 Å². The molecule has 1 N–H and O–H groups in total. The zero-order chi connectivity index (χ0) is 11.7. The van der Waals surface area contributed by atoms with Crippen molar-refractivity contribution in [2.75, 3.05) is 13.7 Å². The van der Waals surface area contributed by atoms with Gasteiger partial charge < -0.3 is 10.1 Å². The van der Waals surface area contributed by atoms with Crippen molar-refractivity contribution < 1.29 is 14.3 Å². The van der Waals surface area contributed by atoms with Gasteiger partial charge in [0.25, 0.3) is 0 Å². The minimum atomic E-state index is -0.180. The zero-order valence-corrected chi connectivity index (χ0v) is 9.47. The van der Waals surface area contributed by atoms with Gasteiger partial charge >= 0.3 is 5.97 Å². The monoisotopic (exact) mass is 213 g/mol. The summed E-state index contributed by atoms with van der Waals surface area (Å²) in [5.74, 6) is -0.288. The molecular formula is C11H19NO3. The number of carbonyl (C=O) groups is 2. The minimum absolute atomic E-state index is 0.108. The van der Waals surface area contributed by atoms with E-state index in [0.29, 0.717) is 18.5 Å². The summed E-state index contributed by atoms with van der Waals surface area (Å²) in [5.41, 5.74) is 0.518. The van der Waals surface area contributed by atoms with E-state index >= 15 is 0 Å². The molecule has 0 aromatic carbocycles. The van der Waals surface area contributed by atoms with Gasteiger partial charge in [0.2, 0.25) is 5.91 Å². The number of ether oxygens (including phenoxy) is 1. The topological polar surface area (TPSA) is 55.4 Å². The molecule has 86 valence electrons. The van der Waals surface area contributed by atoms with Crippen LogP contribution in [0.3, 0.4) is 0 Å². The van der Waals surface area contributed by atoms with Crippen LogP contribution in [0, 0.1) is 0 Å². The van der Waals surface area contributed by atoms with Crippen molar-refractivity contribution in [1.29, 1.82) is 0 Å². The van der Waals surface area contributed by atoms with Gasteiger partial charge in [-0.3, -0.25) is 9.59 Å². The summed E-state index contributed by atoms with van der Waals surface area (Å²) >= 11 is 0. The van der Waals surface area contributed by atoms with Crippen molar-refractivity contribution in [1.82, 2.24) is 5.32 Å². The Balaban J connectivity index is 3.29. The molecule has 0 aliphatic carbocycles. The molecule has 15 heavy (non-hydrogen) atoms. The van der Waals surface area contributed by atoms with Crippen molar-refractivity contribution in [3.8, 4) is 0 Å². The van der Waals surface area contributed by atoms with Gasteiger partial charge in [0.15, 0.2) is 0 Å². The lowest BCUT2D eigenvalue weighted by Gasteiger charge is -2.04. The van der Waals surface area contributed by atoms with Crippen LogP contribution >= 0.6 is 0 Å². The van der Waals surface area contributed by atoms with Crippen LogP contribution in [-0.4, -0.2) is 25.5 Å². The van der Waals surface area contributed by atoms with E-state index in [-0.39, 0.29) is 11.9 Å². The fourth-order valence-corrected chi connectivity index (χ4v) is 1.03. The number of rotatable bonds is 7. The van der Waals surface area contributed by atoms with Crippen molar-refractivity contribution in [2.24, 2.45) is 0 Å². The first-order valence-electron chi connectivity index (χ1n) is 5.08. The molecule has 4 heteroatoms. The predicted molar refractivity (Wildman–Crippen MR) is 58.3 cm³/mol. The van der Waals surface area contributed by atoms with E-state index < -0.39 is 0 Å². The molecule has 0 unspecified atom stereocenters. The normalized spacial score (nSPS) is 9.47. The quantitative estimate of drug-likeness (QED) is 0.395. The second kappa shape index (κ2) is 8.03. The number of amides is 1. The minimum Gasteiger partial charge on any atom is -0.469 e. The third kappa shape index (κ3) is 7.73. The molecule has 0 heterocycles. The molecule has 0 aliphatic rings. The highest BCUT2D eigenvalue weighted by Gasteiger charge is 2.01. The van der Waals surface area contributed by atoms with Gasteiger partial charge in [0.1, 0.15) is 0 Å². The lowest BCUT2D eigenvalue weighted by molar-refractivity contribution is -0.140. The Morgan fingerprint density at radius 3 is 2.47 bits per heavy atom. The molecule has 1 amide bonds. The molecular weight excluding hydrogens is 194 g/mol. The van der Waals surface area contributed by atoms with Crippen LogP contribution in [0.5, 0.6) is 0 Å². The number of unbranched alkanes of at least 4 members (excludes halogenated alkanes) is 2. The molecule has 0 saturated carbocycles. The van der Waals surface area contributed by atoms with Gasteiger partial charge in [-0.15, -0.1) is 0 Å². The molecule has 0 atom stereocenters. The summed E-state index contributed by atoms with van der Waals surface area (Å²) < 4.78 is 4.51. The number of esters is 1. The molecule has 0 bridgehead atoms. The first-order valence-corrected chi connectivity index (χ1v) is 5.08. The summed E-state index contributed by atoms with van der Waals surface area (Å²) in [6.45, 7) is 5.84. The number of hydrogen-bond donors (Lipinski definition) is 1. The van der Waals surface area contributed by atoms with Crippen molar-refractivity contribution >= 4 is 11.9 Å². The highest BCUT2D eigenvalue weighted by atomic mass is 16.5. The van der Waals surface area contributed by atoms with E-state index in [1.54, 1.807) is 6.92 Å². The largest absolute Gasteiger partial charge is 0.469 e. The molecule has 0 saturated heterocycles. The average Bonchev–Trinajstić information content (AvgIpc) is 2.22. The maximum absolute atomic E-state index is 11.0. The summed E-state index contributed by atoms with van der Waals surface area (Å²) in [7, 11) is 1.38. The lowest BCUT2D eigenvalue weighted by Crippen LogP contribution is -2.24. The Hall–Kier alpha value is -1.32. The fraction of sp³-hybridized carbons (Fsp3) is 0.636. The second-order valence-electron chi connectivity index (χ2n) is 3.42. The Labute approximate surface area is 90.7 Å². The van der Waals surface area contributed by atoms with Crippen LogP contribution in [0.15, 0.2) is 12.2 Å². The van der Waals surface area contributed by atoms with Gasteiger partial charge in [0, 0.05) is 18.5 Å². The molecule has 0 aromatic rings. The van der Waals surface area contributed by atoms with Crippen LogP contribution in [0.25, 0.3) is 0 Å². The third-order valence-corrected chi connectivity index (χ3v) is 1.96. The van der Waals surface area contributed by atoms with Crippen molar-refractivity contribution in [3.05, 3.63) is 12.2 Å². The van der Waals surface area contributed by atoms with E-state index in [0.717, 1.165) is 19.3 Å². The standard InChI is InChI=1S/C11H19NO3/c1-9(2)11(14)12-8-6-4-5-7-10(13)15-3/h1,4-8H2,2-3H3,(H,12,14). The SMILES string of the molecule is C=C(C)C(=O)NCCCCCC(=O)OC. The van der Waals surface area contributed by atoms with Crippen molar-refractivity contribution in [3.63, 3.8) is 0 Å². The number of nitrogens with one attached hydrogen (secondary N) is 1. The molecule has 0 radical (unpaired) electrons. The van der Waals surface area contributed by atoms with Crippen LogP contribution in [-0.2, 0) is 14.3 Å². The second-order valence-corrected chi connectivity index (χ2v) is 3.42. The highest BCUT2D eigenvalue weighted by molar-refractivity contribution is 5.91. The van der Waals surface area contributed by atoms with Crippen LogP contribution in [0.4, 0.5) is 0 Å². The Bertz CT molecular complexity index is 236. The van der Waals surface area contributed by atoms with E-state index in [2.05, 4.69) is 16.6 Å². The average molecular weight is 213 g/mol.